The molecule has 19 rings (SSSR count). The van der Waals surface area contributed by atoms with Crippen molar-refractivity contribution in [1.82, 2.24) is 67.1 Å². The first-order valence-corrected chi connectivity index (χ1v) is 67.6. The molecule has 5 aromatic heterocycles. The van der Waals surface area contributed by atoms with Crippen LogP contribution < -0.4 is 57.7 Å². The molecule has 6 aliphatic carbocycles. The zero-order chi connectivity index (χ0) is 107. The van der Waals surface area contributed by atoms with Crippen molar-refractivity contribution in [3.8, 4) is 29.4 Å². The molecule has 11 aliphatic rings. The van der Waals surface area contributed by atoms with Crippen molar-refractivity contribution >= 4 is 157 Å². The number of nitrogens with two attached hydrogens (primary N) is 1. The molecule has 3 atom stereocenters. The van der Waals surface area contributed by atoms with Crippen LogP contribution in [0.3, 0.4) is 0 Å². The molecule has 48 heteroatoms. The number of isocyanates is 1. The Balaban J connectivity index is 0.000000159. The van der Waals surface area contributed by atoms with Gasteiger partial charge in [0.1, 0.15) is 41.1 Å². The van der Waals surface area contributed by atoms with Gasteiger partial charge in [-0.3, -0.25) is 4.03 Å². The maximum atomic E-state index is 14.8. The molecule has 0 saturated heterocycles. The normalized spacial score (nSPS) is 19.2. The SMILES string of the molecule is CC1(C)COc2c(S(=N)(=O)NC(=O)Nc3c4c(cc5c3CCC5)CCC4)cnn2C1.CC1(C)COc2c(S(=N)(=O)N[Si](C)(C)C(C)(C)C)cnn2C1.CC1(C)COc2c(S(=O)(=N[Si](C)(C)C(C)(C)C)NC(=O)Nc3c4c(cc5c3CCC5)CCC4)cnn2C1.CC1(C)COc2c(S(=O)(=O)N[Si](C)(C)C(C)(C)C)cnn2C1.CC1(C)COc2c(S(N)(=O)=O)cnn2C1.Cl.ClC(Cl)Cl.O=C=Nc1c2c(cc3c1CCC3)CCC2. The van der Waals surface area contributed by atoms with E-state index < -0.39 is 90.9 Å². The van der Waals surface area contributed by atoms with E-state index in [4.69, 9.17) is 77.2 Å². The number of ether oxygens (including phenoxy) is 5. The Labute approximate surface area is 887 Å². The van der Waals surface area contributed by atoms with E-state index in [0.29, 0.717) is 99.1 Å². The van der Waals surface area contributed by atoms with Gasteiger partial charge in [-0.05, 0) is 211 Å². The van der Waals surface area contributed by atoms with Crippen molar-refractivity contribution in [3.05, 3.63) is 116 Å². The maximum absolute atomic E-state index is 14.8. The number of fused-ring (bicyclic) bond motifs is 11. The minimum absolute atomic E-state index is 0. The summed E-state index contributed by atoms with van der Waals surface area (Å²) < 4.78 is 158. The number of amides is 4. The van der Waals surface area contributed by atoms with Crippen LogP contribution >= 0.6 is 47.2 Å². The lowest BCUT2D eigenvalue weighted by molar-refractivity contribution is 0.0971. The van der Waals surface area contributed by atoms with E-state index in [1.54, 1.807) is 31.0 Å². The highest BCUT2D eigenvalue weighted by atomic mass is 35.6. The summed E-state index contributed by atoms with van der Waals surface area (Å²) in [5.41, 5.74) is 18.1. The molecule has 3 aromatic carbocycles. The minimum Gasteiger partial charge on any atom is -0.476 e. The fourth-order valence-corrected chi connectivity index (χ4v) is 35.8. The van der Waals surface area contributed by atoms with Crippen molar-refractivity contribution < 1.29 is 67.5 Å². The molecule has 3 unspecified atom stereocenters. The second-order valence-corrected chi connectivity index (χ2v) is 74.8. The summed E-state index contributed by atoms with van der Waals surface area (Å²) in [5.74, 6) is 1.82. The second-order valence-electron chi connectivity index (χ2n) is 48.4. The second kappa shape index (κ2) is 43.3. The Morgan fingerprint density at radius 3 is 1.00 bits per heavy atom. The third-order valence-corrected chi connectivity index (χ3v) is 55.1. The van der Waals surface area contributed by atoms with Crippen LogP contribution in [0.15, 0.2) is 82.7 Å². The van der Waals surface area contributed by atoms with Gasteiger partial charge in [0.15, 0.2) is 42.2 Å². The van der Waals surface area contributed by atoms with Gasteiger partial charge in [-0.25, -0.2) is 100 Å². The molecular formula is C98H151Cl4N21O15S5Si3. The van der Waals surface area contributed by atoms with Crippen LogP contribution in [0.2, 0.25) is 54.4 Å². The third kappa shape index (κ3) is 26.8. The van der Waals surface area contributed by atoms with E-state index in [0.717, 1.165) is 120 Å². The number of rotatable bonds is 15. The highest BCUT2D eigenvalue weighted by Crippen LogP contribution is 2.48. The van der Waals surface area contributed by atoms with Crippen molar-refractivity contribution in [2.75, 3.05) is 43.7 Å². The number of hydrogen-bond acceptors (Lipinski definition) is 24. The molecule has 10 N–H and O–H groups in total. The Kier molecular flexibility index (Phi) is 34.6. The number of anilines is 2. The molecule has 0 radical (unpaired) electrons. The number of aliphatic imine (C=N–C) groups is 1. The van der Waals surface area contributed by atoms with Crippen LogP contribution in [-0.4, -0.2) is 159 Å². The smallest absolute Gasteiger partial charge is 0.331 e. The van der Waals surface area contributed by atoms with Crippen molar-refractivity contribution in [2.45, 2.75) is 363 Å². The van der Waals surface area contributed by atoms with E-state index in [-0.39, 0.29) is 75.2 Å². The molecule has 10 heterocycles. The molecule has 0 spiro atoms. The van der Waals surface area contributed by atoms with Gasteiger partial charge in [-0.1, -0.05) is 211 Å². The summed E-state index contributed by atoms with van der Waals surface area (Å²) in [6.45, 7) is 57.7. The number of carbonyl (C=O) groups excluding carboxylic acids is 3. The molecule has 0 fully saturated rings. The number of sulfonamides is 2. The summed E-state index contributed by atoms with van der Waals surface area (Å²) in [5, 5.41) is 32.0. The van der Waals surface area contributed by atoms with Crippen molar-refractivity contribution in [1.29, 1.82) is 9.56 Å². The first-order valence-electron chi connectivity index (χ1n) is 49.7. The number of primary sulfonamides is 1. The molecular weight excluding hydrogens is 2100 g/mol. The standard InChI is InChI=1S/C27H41N5O3SSi.C21H27N5O3S.C14H28N4O2SSi.C14H27N3O3SSi.C13H13NO.C8H13N3O3S.CHCl3.ClH/c1-26(2,3)37(6,7)31-36(34,22-15-28-32-16-27(4,5)17-35-24(22)32)30-25(33)29-23-20-12-8-10-18(20)14-19-11-9-13-21(19)23;1-21(2)11-26-19(29-12-21)17(10-23-26)30(22,28)25-20(27)24-18-15-7-3-5-13(15)9-14-6-4-8-16(14)18;1-13(2,3)22(6,7)17-21(15,19)11-8-16-18-9-14(4,5)10-20-12(11)18;1-13(2,3)22(6,7)16-21(18,19)11-8-15-17-9-14(4,5)10-20-12(11)17;15-8-14-13-11-5-1-3-9(11)7-10-4-2-6-12(10)13;1-8(2)4-11-7(14-5-8)6(3-10-11)15(9,12)13;2-1(3)4;/h14-15H,8-13,16-17H2,1-7H3,(H2,29,30,31,33,34);9-10H,3-8,11-12H2,1-2H3,(H3,22,24,25,27,28);8H,9-10H2,1-7H3,(H2,15,17,19);8,16H,9-10H2,1-7H3;7H,1-6H2;3H,4-5H2,1-2H3,(H2,9,12,13);1H;1H. The first kappa shape index (κ1) is 117. The number of alkyl halides is 3. The maximum Gasteiger partial charge on any atom is 0.331 e. The van der Waals surface area contributed by atoms with Gasteiger partial charge in [0.05, 0.1) is 102 Å². The highest BCUT2D eigenvalue weighted by molar-refractivity contribution is 7.93. The predicted molar refractivity (Wildman–Crippen MR) is 583 cm³/mol. The minimum atomic E-state index is -3.75. The monoisotopic (exact) mass is 2250 g/mol. The number of benzene rings is 3. The summed E-state index contributed by atoms with van der Waals surface area (Å²) in [7, 11) is -24.2. The molecule has 808 valence electrons. The number of aryl methyl sites for hydroxylation is 6. The van der Waals surface area contributed by atoms with Crippen LogP contribution in [-0.2, 0) is 164 Å². The van der Waals surface area contributed by atoms with E-state index in [1.807, 2.05) is 26.9 Å². The number of halogens is 4. The Bertz CT molecular complexity index is 6740. The molecule has 4 amide bonds. The Morgan fingerprint density at radius 1 is 0.418 bits per heavy atom. The molecule has 0 saturated carbocycles. The van der Waals surface area contributed by atoms with E-state index in [1.165, 1.54) is 109 Å². The van der Waals surface area contributed by atoms with Gasteiger partial charge in [0.25, 0.3) is 0 Å². The van der Waals surface area contributed by atoms with Crippen molar-refractivity contribution in [2.24, 2.45) is 41.2 Å². The quantitative estimate of drug-likeness (QED) is 0.0199. The summed E-state index contributed by atoms with van der Waals surface area (Å²) >= 11 is 14.4. The topological polar surface area (TPSA) is 477 Å². The fraction of sp³-hybridized carbons (Fsp3) is 0.633. The number of nitrogens with zero attached hydrogens (tertiary/aromatic N) is 12. The largest absolute Gasteiger partial charge is 0.476 e. The lowest BCUT2D eigenvalue weighted by atomic mass is 9.94. The van der Waals surface area contributed by atoms with Gasteiger partial charge >= 0.3 is 12.1 Å². The van der Waals surface area contributed by atoms with Crippen LogP contribution in [0.25, 0.3) is 0 Å². The third-order valence-electron chi connectivity index (χ3n) is 29.4. The number of urea groups is 2. The van der Waals surface area contributed by atoms with Gasteiger partial charge in [0, 0.05) is 38.4 Å². The van der Waals surface area contributed by atoms with E-state index in [9.17, 15) is 43.8 Å². The average Bonchev–Trinajstić information content (AvgIpc) is 1.57. The van der Waals surface area contributed by atoms with Crippen LogP contribution in [0.5, 0.6) is 29.4 Å². The first-order chi connectivity index (χ1) is 66.9. The van der Waals surface area contributed by atoms with E-state index >= 15 is 0 Å². The summed E-state index contributed by atoms with van der Waals surface area (Å²) in [6.07, 6.45) is 28.0. The Morgan fingerprint density at radius 2 is 0.685 bits per heavy atom. The number of carbonyl (C=O) groups is 2. The van der Waals surface area contributed by atoms with Crippen LogP contribution in [0, 0.1) is 36.6 Å². The van der Waals surface area contributed by atoms with Crippen LogP contribution in [0.4, 0.5) is 26.7 Å². The van der Waals surface area contributed by atoms with Crippen molar-refractivity contribution in [3.63, 3.8) is 0 Å². The zero-order valence-electron chi connectivity index (χ0n) is 89.1. The lowest BCUT2D eigenvalue weighted by Crippen LogP contribution is -2.54. The van der Waals surface area contributed by atoms with Gasteiger partial charge in [-0.2, -0.15) is 30.5 Å². The van der Waals surface area contributed by atoms with Gasteiger partial charge in [-0.15, -0.1) is 12.4 Å². The molecule has 0 bridgehead atoms. The summed E-state index contributed by atoms with van der Waals surface area (Å²) in [6, 6.07) is 5.86. The van der Waals surface area contributed by atoms with Crippen LogP contribution in [0.1, 0.15) is 237 Å². The van der Waals surface area contributed by atoms with Gasteiger partial charge < -0.3 is 34.3 Å². The average molecular weight is 2250 g/mol. The summed E-state index contributed by atoms with van der Waals surface area (Å²) in [4.78, 5) is 41.8. The number of hydrogen-bond donors (Lipinski definition) is 9. The van der Waals surface area contributed by atoms with Gasteiger partial charge in [0.2, 0.25) is 55.5 Å². The zero-order valence-corrected chi connectivity index (χ0v) is 99.3. The predicted octanol–water partition coefficient (Wildman–Crippen LogP) is 20.1. The lowest BCUT2D eigenvalue weighted by Gasteiger charge is -2.37. The number of aromatic nitrogens is 10. The highest BCUT2D eigenvalue weighted by Gasteiger charge is 2.47. The molecule has 146 heavy (non-hydrogen) atoms. The fourth-order valence-electron chi connectivity index (χ4n) is 18.8. The molecule has 5 aliphatic heterocycles. The Hall–Kier alpha value is -7.93. The molecule has 8 aromatic rings. The molecule has 36 nitrogen and oxygen atoms in total. The number of nitrogens with one attached hydrogen (secondary N) is 8. The van der Waals surface area contributed by atoms with E-state index in [2.05, 4.69) is 221 Å².